The molecule has 0 unspecified atom stereocenters. The van der Waals surface area contributed by atoms with Crippen molar-refractivity contribution >= 4 is 23.5 Å². The van der Waals surface area contributed by atoms with Crippen LogP contribution in [0.15, 0.2) is 41.9 Å². The number of carbonyl (C=O) groups excluding carboxylic acids is 1. The number of halogens is 3. The molecule has 9 heteroatoms. The van der Waals surface area contributed by atoms with Crippen LogP contribution in [0.25, 0.3) is 0 Å². The van der Waals surface area contributed by atoms with Crippen molar-refractivity contribution in [3.8, 4) is 0 Å². The summed E-state index contributed by atoms with van der Waals surface area (Å²) in [7, 11) is 0. The second kappa shape index (κ2) is 6.53. The van der Waals surface area contributed by atoms with Gasteiger partial charge < -0.3 is 5.32 Å². The van der Waals surface area contributed by atoms with Crippen LogP contribution < -0.4 is 5.32 Å². The molecule has 1 N–H and O–H groups in total. The lowest BCUT2D eigenvalue weighted by molar-refractivity contribution is -0.137. The van der Waals surface area contributed by atoms with E-state index >= 15 is 0 Å². The Labute approximate surface area is 122 Å². The number of hydrogen-bond donors (Lipinski definition) is 1. The third-order valence-electron chi connectivity index (χ3n) is 2.23. The van der Waals surface area contributed by atoms with Crippen molar-refractivity contribution in [2.24, 2.45) is 0 Å². The number of amides is 1. The fourth-order valence-corrected chi connectivity index (χ4v) is 1.91. The number of rotatable bonds is 4. The van der Waals surface area contributed by atoms with Gasteiger partial charge in [0.05, 0.1) is 11.3 Å². The molecule has 2 aromatic heterocycles. The van der Waals surface area contributed by atoms with E-state index in [1.165, 1.54) is 0 Å². The fourth-order valence-electron chi connectivity index (χ4n) is 1.30. The van der Waals surface area contributed by atoms with Crippen LogP contribution in [0.4, 0.5) is 19.0 Å². The molecule has 0 spiro atoms. The summed E-state index contributed by atoms with van der Waals surface area (Å²) in [5.41, 5.74) is -0.868. The van der Waals surface area contributed by atoms with Crippen molar-refractivity contribution in [3.05, 3.63) is 42.4 Å². The molecule has 0 radical (unpaired) electrons. The van der Waals surface area contributed by atoms with Crippen molar-refractivity contribution in [3.63, 3.8) is 0 Å². The second-order valence-electron chi connectivity index (χ2n) is 3.80. The van der Waals surface area contributed by atoms with E-state index in [9.17, 15) is 18.0 Å². The molecule has 0 aliphatic rings. The lowest BCUT2D eigenvalue weighted by Gasteiger charge is -2.07. The summed E-state index contributed by atoms with van der Waals surface area (Å²) in [6.07, 6.45) is -0.686. The number of pyridine rings is 1. The molecular formula is C12H9F3N4OS. The van der Waals surface area contributed by atoms with Gasteiger partial charge in [-0.25, -0.2) is 15.0 Å². The molecule has 0 fully saturated rings. The average molecular weight is 314 g/mol. The number of thioether (sulfide) groups is 1. The Morgan fingerprint density at radius 1 is 1.19 bits per heavy atom. The fraction of sp³-hybridized carbons (Fsp3) is 0.167. The van der Waals surface area contributed by atoms with Crippen LogP contribution in [0.2, 0.25) is 0 Å². The summed E-state index contributed by atoms with van der Waals surface area (Å²) >= 11 is 1.11. The van der Waals surface area contributed by atoms with E-state index in [4.69, 9.17) is 0 Å². The molecule has 0 aliphatic heterocycles. The van der Waals surface area contributed by atoms with Gasteiger partial charge in [0.25, 0.3) is 0 Å². The molecule has 0 saturated carbocycles. The maximum atomic E-state index is 12.3. The Balaban J connectivity index is 1.88. The Morgan fingerprint density at radius 2 is 1.90 bits per heavy atom. The molecule has 2 heterocycles. The first-order valence-corrected chi connectivity index (χ1v) is 6.66. The van der Waals surface area contributed by atoms with Crippen molar-refractivity contribution in [1.82, 2.24) is 15.0 Å². The molecule has 2 aromatic rings. The van der Waals surface area contributed by atoms with E-state index < -0.39 is 17.6 Å². The van der Waals surface area contributed by atoms with Crippen LogP contribution in [0.1, 0.15) is 5.56 Å². The number of carbonyl (C=O) groups is 1. The van der Waals surface area contributed by atoms with Crippen LogP contribution in [0.3, 0.4) is 0 Å². The number of nitrogens with one attached hydrogen (secondary N) is 1. The molecule has 5 nitrogen and oxygen atoms in total. The monoisotopic (exact) mass is 314 g/mol. The Morgan fingerprint density at radius 3 is 2.48 bits per heavy atom. The zero-order valence-corrected chi connectivity index (χ0v) is 11.3. The van der Waals surface area contributed by atoms with Gasteiger partial charge in [-0.3, -0.25) is 4.79 Å². The number of aromatic nitrogens is 3. The average Bonchev–Trinajstić information content (AvgIpc) is 2.46. The predicted octanol–water partition coefficient (Wildman–Crippen LogP) is 2.62. The standard InChI is InChI=1S/C12H9F3N4OS/c13-12(14,15)8-2-3-9(18-6-8)19-10(20)7-21-11-16-4-1-5-17-11/h1-6H,7H2,(H,18,19,20). The van der Waals surface area contributed by atoms with E-state index in [-0.39, 0.29) is 11.6 Å². The van der Waals surface area contributed by atoms with Crippen LogP contribution >= 0.6 is 11.8 Å². The Hall–Kier alpha value is -2.16. The minimum absolute atomic E-state index is 0.0344. The van der Waals surface area contributed by atoms with Gasteiger partial charge in [0.15, 0.2) is 5.16 Å². The number of hydrogen-bond acceptors (Lipinski definition) is 5. The van der Waals surface area contributed by atoms with Crippen LogP contribution in [-0.4, -0.2) is 26.6 Å². The van der Waals surface area contributed by atoms with E-state index in [1.54, 1.807) is 18.5 Å². The molecule has 0 atom stereocenters. The first-order valence-electron chi connectivity index (χ1n) is 5.68. The topological polar surface area (TPSA) is 67.8 Å². The maximum Gasteiger partial charge on any atom is 0.417 e. The first kappa shape index (κ1) is 15.2. The molecule has 2 rings (SSSR count). The van der Waals surface area contributed by atoms with Crippen LogP contribution in [-0.2, 0) is 11.0 Å². The molecular weight excluding hydrogens is 305 g/mol. The normalized spacial score (nSPS) is 11.2. The molecule has 0 saturated heterocycles. The lowest BCUT2D eigenvalue weighted by atomic mass is 10.3. The Kier molecular flexibility index (Phi) is 4.73. The van der Waals surface area contributed by atoms with Gasteiger partial charge in [-0.15, -0.1) is 0 Å². The quantitative estimate of drug-likeness (QED) is 0.694. The van der Waals surface area contributed by atoms with Gasteiger partial charge >= 0.3 is 6.18 Å². The maximum absolute atomic E-state index is 12.3. The third-order valence-corrected chi connectivity index (χ3v) is 3.11. The molecule has 21 heavy (non-hydrogen) atoms. The van der Waals surface area contributed by atoms with Gasteiger partial charge in [0.1, 0.15) is 5.82 Å². The van der Waals surface area contributed by atoms with Crippen molar-refractivity contribution < 1.29 is 18.0 Å². The van der Waals surface area contributed by atoms with E-state index in [0.29, 0.717) is 11.4 Å². The van der Waals surface area contributed by atoms with Crippen molar-refractivity contribution in [1.29, 1.82) is 0 Å². The van der Waals surface area contributed by atoms with E-state index in [0.717, 1.165) is 23.9 Å². The molecule has 110 valence electrons. The zero-order valence-electron chi connectivity index (χ0n) is 10.5. The number of nitrogens with zero attached hydrogens (tertiary/aromatic N) is 3. The van der Waals surface area contributed by atoms with Crippen molar-refractivity contribution in [2.45, 2.75) is 11.3 Å². The second-order valence-corrected chi connectivity index (χ2v) is 4.74. The van der Waals surface area contributed by atoms with Gasteiger partial charge in [-0.05, 0) is 18.2 Å². The molecule has 0 aliphatic carbocycles. The van der Waals surface area contributed by atoms with Crippen molar-refractivity contribution in [2.75, 3.05) is 11.1 Å². The van der Waals surface area contributed by atoms with E-state index in [2.05, 4.69) is 20.3 Å². The Bertz CT molecular complexity index is 604. The van der Waals surface area contributed by atoms with Gasteiger partial charge in [0, 0.05) is 18.6 Å². The van der Waals surface area contributed by atoms with Crippen LogP contribution in [0, 0.1) is 0 Å². The predicted molar refractivity (Wildman–Crippen MR) is 70.6 cm³/mol. The number of alkyl halides is 3. The summed E-state index contributed by atoms with van der Waals surface area (Å²) in [6.45, 7) is 0. The zero-order chi connectivity index (χ0) is 15.3. The largest absolute Gasteiger partial charge is 0.417 e. The van der Waals surface area contributed by atoms with Crippen LogP contribution in [0.5, 0.6) is 0 Å². The highest BCUT2D eigenvalue weighted by atomic mass is 32.2. The SMILES string of the molecule is O=C(CSc1ncccn1)Nc1ccc(C(F)(F)F)cn1. The molecule has 0 aromatic carbocycles. The molecule has 1 amide bonds. The summed E-state index contributed by atoms with van der Waals surface area (Å²) < 4.78 is 37.0. The smallest absolute Gasteiger partial charge is 0.310 e. The first-order chi connectivity index (χ1) is 9.95. The minimum Gasteiger partial charge on any atom is -0.310 e. The summed E-state index contributed by atoms with van der Waals surface area (Å²) in [6, 6.07) is 3.61. The highest BCUT2D eigenvalue weighted by Crippen LogP contribution is 2.28. The van der Waals surface area contributed by atoms with Gasteiger partial charge in [-0.1, -0.05) is 11.8 Å². The summed E-state index contributed by atoms with van der Waals surface area (Å²) in [5.74, 6) is -0.311. The lowest BCUT2D eigenvalue weighted by Crippen LogP contribution is -2.15. The molecule has 0 bridgehead atoms. The number of anilines is 1. The van der Waals surface area contributed by atoms with Gasteiger partial charge in [-0.2, -0.15) is 13.2 Å². The van der Waals surface area contributed by atoms with E-state index in [1.807, 2.05) is 0 Å². The minimum atomic E-state index is -4.45. The third kappa shape index (κ3) is 4.71. The highest BCUT2D eigenvalue weighted by Gasteiger charge is 2.30. The summed E-state index contributed by atoms with van der Waals surface area (Å²) in [5, 5.41) is 2.84. The van der Waals surface area contributed by atoms with Gasteiger partial charge in [0.2, 0.25) is 5.91 Å². The summed E-state index contributed by atoms with van der Waals surface area (Å²) in [4.78, 5) is 23.0. The highest BCUT2D eigenvalue weighted by molar-refractivity contribution is 7.99.